The van der Waals surface area contributed by atoms with Gasteiger partial charge in [-0.3, -0.25) is 10.1 Å². The average Bonchev–Trinajstić information content (AvgIpc) is 2.49. The number of piperidine rings is 1. The molecule has 2 atom stereocenters. The Kier molecular flexibility index (Phi) is 4.78. The van der Waals surface area contributed by atoms with Gasteiger partial charge in [0.2, 0.25) is 0 Å². The maximum absolute atomic E-state index is 12.3. The van der Waals surface area contributed by atoms with Crippen LogP contribution in [0.5, 0.6) is 0 Å². The molecule has 4 nitrogen and oxygen atoms in total. The third-order valence-electron chi connectivity index (χ3n) is 4.34. The van der Waals surface area contributed by atoms with Crippen molar-refractivity contribution < 1.29 is 9.53 Å². The van der Waals surface area contributed by atoms with Gasteiger partial charge in [-0.1, -0.05) is 30.3 Å². The molecule has 0 bridgehead atoms. The fraction of sp³-hybridized carbons (Fsp3) is 0.562. The van der Waals surface area contributed by atoms with E-state index < -0.39 is 5.54 Å². The minimum atomic E-state index is -0.559. The molecule has 0 amide bonds. The Morgan fingerprint density at radius 3 is 2.75 bits per heavy atom. The highest BCUT2D eigenvalue weighted by molar-refractivity contribution is 5.81. The van der Waals surface area contributed by atoms with Gasteiger partial charge in [-0.05, 0) is 32.4 Å². The van der Waals surface area contributed by atoms with Crippen molar-refractivity contribution >= 4 is 5.97 Å². The summed E-state index contributed by atoms with van der Waals surface area (Å²) in [5, 5.41) is 3.45. The van der Waals surface area contributed by atoms with Crippen molar-refractivity contribution in [2.75, 3.05) is 20.7 Å². The van der Waals surface area contributed by atoms with Crippen molar-refractivity contribution in [1.82, 2.24) is 10.2 Å². The maximum atomic E-state index is 12.3. The summed E-state index contributed by atoms with van der Waals surface area (Å²) in [6.45, 7) is 3.74. The standard InChI is InChI=1S/C16H24N2O2/c1-13-11-16(15(19)20-3,9-10-18(13)2)17-12-14-7-5-4-6-8-14/h4-8,13,17H,9-12H2,1-3H3. The fourth-order valence-electron chi connectivity index (χ4n) is 2.83. The van der Waals surface area contributed by atoms with Gasteiger partial charge in [0, 0.05) is 19.1 Å². The first-order chi connectivity index (χ1) is 9.57. The number of nitrogens with zero attached hydrogens (tertiary/aromatic N) is 1. The molecule has 0 spiro atoms. The van der Waals surface area contributed by atoms with Crippen molar-refractivity contribution in [3.05, 3.63) is 35.9 Å². The van der Waals surface area contributed by atoms with Crippen LogP contribution in [0.1, 0.15) is 25.3 Å². The Hall–Kier alpha value is -1.39. The van der Waals surface area contributed by atoms with Crippen LogP contribution in [0.15, 0.2) is 30.3 Å². The number of nitrogens with one attached hydrogen (secondary N) is 1. The average molecular weight is 276 g/mol. The van der Waals surface area contributed by atoms with Crippen LogP contribution in [0.3, 0.4) is 0 Å². The predicted octanol–water partition coefficient (Wildman–Crippen LogP) is 1.80. The van der Waals surface area contributed by atoms with Crippen LogP contribution < -0.4 is 5.32 Å². The SMILES string of the molecule is COC(=O)C1(NCc2ccccc2)CCN(C)C(C)C1. The molecule has 1 aromatic carbocycles. The third-order valence-corrected chi connectivity index (χ3v) is 4.34. The number of ether oxygens (including phenoxy) is 1. The van der Waals surface area contributed by atoms with Gasteiger partial charge in [-0.15, -0.1) is 0 Å². The molecule has 1 aliphatic heterocycles. The number of hydrogen-bond donors (Lipinski definition) is 1. The third kappa shape index (κ3) is 3.19. The van der Waals surface area contributed by atoms with Crippen molar-refractivity contribution in [3.8, 4) is 0 Å². The highest BCUT2D eigenvalue weighted by atomic mass is 16.5. The molecule has 0 aliphatic carbocycles. The first-order valence-electron chi connectivity index (χ1n) is 7.15. The van der Waals surface area contributed by atoms with Crippen molar-refractivity contribution in [1.29, 1.82) is 0 Å². The Balaban J connectivity index is 2.10. The smallest absolute Gasteiger partial charge is 0.326 e. The van der Waals surface area contributed by atoms with Crippen LogP contribution in [0, 0.1) is 0 Å². The molecule has 0 radical (unpaired) electrons. The van der Waals surface area contributed by atoms with Gasteiger partial charge in [0.05, 0.1) is 7.11 Å². The number of carbonyl (C=O) groups excluding carboxylic acids is 1. The molecule has 1 aliphatic rings. The van der Waals surface area contributed by atoms with Crippen LogP contribution in [-0.2, 0) is 16.1 Å². The van der Waals surface area contributed by atoms with E-state index in [9.17, 15) is 4.79 Å². The summed E-state index contributed by atoms with van der Waals surface area (Å²) >= 11 is 0. The fourth-order valence-corrected chi connectivity index (χ4v) is 2.83. The zero-order chi connectivity index (χ0) is 14.6. The molecule has 1 fully saturated rings. The molecule has 4 heteroatoms. The summed E-state index contributed by atoms with van der Waals surface area (Å²) in [5.74, 6) is -0.145. The van der Waals surface area contributed by atoms with Crippen LogP contribution >= 0.6 is 0 Å². The van der Waals surface area contributed by atoms with E-state index in [1.54, 1.807) is 0 Å². The van der Waals surface area contributed by atoms with Gasteiger partial charge in [0.1, 0.15) is 5.54 Å². The van der Waals surface area contributed by atoms with E-state index in [-0.39, 0.29) is 5.97 Å². The molecule has 20 heavy (non-hydrogen) atoms. The second-order valence-electron chi connectivity index (χ2n) is 5.70. The molecular formula is C16H24N2O2. The largest absolute Gasteiger partial charge is 0.468 e. The van der Waals surface area contributed by atoms with Crippen LogP contribution in [0.25, 0.3) is 0 Å². The zero-order valence-corrected chi connectivity index (χ0v) is 12.6. The summed E-state index contributed by atoms with van der Waals surface area (Å²) in [6, 6.07) is 10.5. The highest BCUT2D eigenvalue weighted by Gasteiger charge is 2.43. The Morgan fingerprint density at radius 1 is 1.45 bits per heavy atom. The van der Waals surface area contributed by atoms with Crippen LogP contribution in [-0.4, -0.2) is 43.2 Å². The van der Waals surface area contributed by atoms with Crippen molar-refractivity contribution in [2.45, 2.75) is 37.9 Å². The number of rotatable bonds is 4. The van der Waals surface area contributed by atoms with Crippen LogP contribution in [0.4, 0.5) is 0 Å². The summed E-state index contributed by atoms with van der Waals surface area (Å²) in [5.41, 5.74) is 0.624. The van der Waals surface area contributed by atoms with E-state index in [4.69, 9.17) is 4.74 Å². The summed E-state index contributed by atoms with van der Waals surface area (Å²) < 4.78 is 5.05. The van der Waals surface area contributed by atoms with E-state index in [0.29, 0.717) is 12.6 Å². The lowest BCUT2D eigenvalue weighted by atomic mass is 9.83. The van der Waals surface area contributed by atoms with Crippen molar-refractivity contribution in [3.63, 3.8) is 0 Å². The first-order valence-corrected chi connectivity index (χ1v) is 7.15. The molecule has 110 valence electrons. The molecule has 1 heterocycles. The topological polar surface area (TPSA) is 41.6 Å². The molecule has 0 saturated carbocycles. The van der Waals surface area contributed by atoms with Gasteiger partial charge in [-0.25, -0.2) is 0 Å². The Bertz CT molecular complexity index is 449. The minimum absolute atomic E-state index is 0.145. The second-order valence-corrected chi connectivity index (χ2v) is 5.70. The number of benzene rings is 1. The summed E-state index contributed by atoms with van der Waals surface area (Å²) in [6.07, 6.45) is 1.57. The molecular weight excluding hydrogens is 252 g/mol. The van der Waals surface area contributed by atoms with Gasteiger partial charge in [0.25, 0.3) is 0 Å². The van der Waals surface area contributed by atoms with E-state index in [1.165, 1.54) is 12.7 Å². The normalized spacial score (nSPS) is 27.2. The Labute approximate surface area is 121 Å². The van der Waals surface area contributed by atoms with Gasteiger partial charge >= 0.3 is 5.97 Å². The number of hydrogen-bond acceptors (Lipinski definition) is 4. The summed E-state index contributed by atoms with van der Waals surface area (Å²) in [4.78, 5) is 14.5. The zero-order valence-electron chi connectivity index (χ0n) is 12.6. The quantitative estimate of drug-likeness (QED) is 0.852. The number of carbonyl (C=O) groups is 1. The van der Waals surface area contributed by atoms with Crippen LogP contribution in [0.2, 0.25) is 0 Å². The monoisotopic (exact) mass is 276 g/mol. The lowest BCUT2D eigenvalue weighted by molar-refractivity contribution is -0.151. The number of esters is 1. The van der Waals surface area contributed by atoms with E-state index >= 15 is 0 Å². The summed E-state index contributed by atoms with van der Waals surface area (Å²) in [7, 11) is 3.57. The van der Waals surface area contributed by atoms with E-state index in [0.717, 1.165) is 19.4 Å². The molecule has 1 N–H and O–H groups in total. The van der Waals surface area contributed by atoms with E-state index in [2.05, 4.69) is 36.3 Å². The molecule has 1 aromatic rings. The molecule has 1 saturated heterocycles. The lowest BCUT2D eigenvalue weighted by Crippen LogP contribution is -2.60. The molecule has 2 unspecified atom stereocenters. The second kappa shape index (κ2) is 6.37. The lowest BCUT2D eigenvalue weighted by Gasteiger charge is -2.42. The Morgan fingerprint density at radius 2 is 2.15 bits per heavy atom. The molecule has 0 aromatic heterocycles. The number of likely N-dealkylation sites (tertiary alicyclic amines) is 1. The van der Waals surface area contributed by atoms with Gasteiger partial charge in [0.15, 0.2) is 0 Å². The minimum Gasteiger partial charge on any atom is -0.468 e. The molecule has 2 rings (SSSR count). The van der Waals surface area contributed by atoms with Gasteiger partial charge < -0.3 is 9.64 Å². The predicted molar refractivity (Wildman–Crippen MR) is 79.4 cm³/mol. The van der Waals surface area contributed by atoms with Crippen molar-refractivity contribution in [2.24, 2.45) is 0 Å². The van der Waals surface area contributed by atoms with Gasteiger partial charge in [-0.2, -0.15) is 0 Å². The maximum Gasteiger partial charge on any atom is 0.326 e. The number of methoxy groups -OCH3 is 1. The van der Waals surface area contributed by atoms with E-state index in [1.807, 2.05) is 18.2 Å². The highest BCUT2D eigenvalue weighted by Crippen LogP contribution is 2.27. The first kappa shape index (κ1) is 15.0.